The number of ether oxygens (including phenoxy) is 1. The van der Waals surface area contributed by atoms with E-state index < -0.39 is 21.9 Å². The summed E-state index contributed by atoms with van der Waals surface area (Å²) in [5.74, 6) is -0.973. The Balaban J connectivity index is 2.77. The predicted molar refractivity (Wildman–Crippen MR) is 59.6 cm³/mol. The van der Waals surface area contributed by atoms with Crippen LogP contribution < -0.4 is 0 Å². The molecule has 1 heterocycles. The second kappa shape index (κ2) is 5.28. The third-order valence-corrected chi connectivity index (χ3v) is 4.04. The standard InChI is InChI=1S/C9H15N3O4S/c1-7(9(13)16-3)5-12(2)17(14,15)8-4-10-6-11-8/h4,6-7H,5H2,1-3H3,(H,10,11). The Labute approximate surface area is 99.8 Å². The zero-order valence-electron chi connectivity index (χ0n) is 9.87. The van der Waals surface area contributed by atoms with E-state index in [9.17, 15) is 13.2 Å². The van der Waals surface area contributed by atoms with Crippen LogP contribution in [0.4, 0.5) is 0 Å². The number of sulfonamides is 1. The summed E-state index contributed by atoms with van der Waals surface area (Å²) in [6, 6.07) is 0. The van der Waals surface area contributed by atoms with Crippen molar-refractivity contribution in [1.29, 1.82) is 0 Å². The minimum absolute atomic E-state index is 0.00272. The molecule has 0 aromatic carbocycles. The van der Waals surface area contributed by atoms with Crippen molar-refractivity contribution in [3.8, 4) is 0 Å². The van der Waals surface area contributed by atoms with Crippen LogP contribution >= 0.6 is 0 Å². The summed E-state index contributed by atoms with van der Waals surface area (Å²) >= 11 is 0. The Morgan fingerprint density at radius 1 is 1.65 bits per heavy atom. The summed E-state index contributed by atoms with van der Waals surface area (Å²) in [6.45, 7) is 1.65. The van der Waals surface area contributed by atoms with Crippen LogP contribution in [-0.4, -0.2) is 49.4 Å². The van der Waals surface area contributed by atoms with Crippen LogP contribution in [0.25, 0.3) is 0 Å². The van der Waals surface area contributed by atoms with Gasteiger partial charge < -0.3 is 9.72 Å². The van der Waals surface area contributed by atoms with Crippen molar-refractivity contribution in [2.75, 3.05) is 20.7 Å². The van der Waals surface area contributed by atoms with Gasteiger partial charge in [-0.05, 0) is 0 Å². The number of hydrogen-bond donors (Lipinski definition) is 1. The molecule has 0 saturated carbocycles. The van der Waals surface area contributed by atoms with Crippen molar-refractivity contribution in [3.05, 3.63) is 12.5 Å². The fraction of sp³-hybridized carbons (Fsp3) is 0.556. The molecule has 1 unspecified atom stereocenters. The Morgan fingerprint density at radius 2 is 2.29 bits per heavy atom. The van der Waals surface area contributed by atoms with Crippen molar-refractivity contribution in [2.45, 2.75) is 11.9 Å². The number of nitrogens with zero attached hydrogens (tertiary/aromatic N) is 2. The highest BCUT2D eigenvalue weighted by Crippen LogP contribution is 2.12. The molecular weight excluding hydrogens is 246 g/mol. The third kappa shape index (κ3) is 3.04. The molecule has 1 aromatic heterocycles. The van der Waals surface area contributed by atoms with Gasteiger partial charge >= 0.3 is 5.97 Å². The number of nitrogens with one attached hydrogen (secondary N) is 1. The second-order valence-electron chi connectivity index (χ2n) is 3.63. The Kier molecular flexibility index (Phi) is 4.24. The number of rotatable bonds is 5. The Bertz CT molecular complexity index is 468. The fourth-order valence-corrected chi connectivity index (χ4v) is 2.46. The molecule has 8 heteroatoms. The average Bonchev–Trinajstić information content (AvgIpc) is 2.81. The van der Waals surface area contributed by atoms with Crippen LogP contribution in [0.2, 0.25) is 0 Å². The van der Waals surface area contributed by atoms with Crippen molar-refractivity contribution >= 4 is 16.0 Å². The minimum Gasteiger partial charge on any atom is -0.469 e. The number of H-pyrrole nitrogens is 1. The maximum absolute atomic E-state index is 11.9. The molecule has 1 atom stereocenters. The summed E-state index contributed by atoms with van der Waals surface area (Å²) in [7, 11) is -0.960. The van der Waals surface area contributed by atoms with Crippen LogP contribution in [0, 0.1) is 5.92 Å². The lowest BCUT2D eigenvalue weighted by Crippen LogP contribution is -2.34. The SMILES string of the molecule is COC(=O)C(C)CN(C)S(=O)(=O)c1cnc[nH]1. The lowest BCUT2D eigenvalue weighted by Gasteiger charge is -2.18. The van der Waals surface area contributed by atoms with Gasteiger partial charge in [0.1, 0.15) is 0 Å². The highest BCUT2D eigenvalue weighted by Gasteiger charge is 2.26. The average molecular weight is 261 g/mol. The topological polar surface area (TPSA) is 92.4 Å². The summed E-state index contributed by atoms with van der Waals surface area (Å²) in [6.07, 6.45) is 2.50. The first-order valence-corrected chi connectivity index (χ1v) is 6.36. The number of carbonyl (C=O) groups excluding carboxylic acids is 1. The molecule has 0 radical (unpaired) electrons. The Hall–Kier alpha value is -1.41. The molecule has 1 rings (SSSR count). The molecule has 0 saturated heterocycles. The van der Waals surface area contributed by atoms with E-state index in [1.807, 2.05) is 0 Å². The van der Waals surface area contributed by atoms with Crippen molar-refractivity contribution in [3.63, 3.8) is 0 Å². The van der Waals surface area contributed by atoms with Gasteiger partial charge in [-0.1, -0.05) is 6.92 Å². The van der Waals surface area contributed by atoms with Crippen LogP contribution in [0.1, 0.15) is 6.92 Å². The molecule has 1 aromatic rings. The van der Waals surface area contributed by atoms with Gasteiger partial charge in [0.2, 0.25) is 0 Å². The molecular formula is C9H15N3O4S. The van der Waals surface area contributed by atoms with Gasteiger partial charge in [0.05, 0.1) is 25.6 Å². The van der Waals surface area contributed by atoms with Gasteiger partial charge in [0.15, 0.2) is 5.03 Å². The molecule has 0 aliphatic carbocycles. The molecule has 0 fully saturated rings. The van der Waals surface area contributed by atoms with Crippen molar-refractivity contribution in [1.82, 2.24) is 14.3 Å². The van der Waals surface area contributed by atoms with Gasteiger partial charge in [-0.3, -0.25) is 4.79 Å². The van der Waals surface area contributed by atoms with E-state index in [0.29, 0.717) is 0 Å². The number of methoxy groups -OCH3 is 1. The van der Waals surface area contributed by atoms with E-state index in [1.165, 1.54) is 26.7 Å². The van der Waals surface area contributed by atoms with Gasteiger partial charge in [0.25, 0.3) is 10.0 Å². The van der Waals surface area contributed by atoms with Gasteiger partial charge in [0, 0.05) is 13.6 Å². The first-order valence-electron chi connectivity index (χ1n) is 4.92. The third-order valence-electron chi connectivity index (χ3n) is 2.30. The summed E-state index contributed by atoms with van der Waals surface area (Å²) < 4.78 is 29.5. The zero-order valence-corrected chi connectivity index (χ0v) is 10.7. The number of carbonyl (C=O) groups is 1. The second-order valence-corrected chi connectivity index (χ2v) is 5.64. The number of hydrogen-bond acceptors (Lipinski definition) is 5. The lowest BCUT2D eigenvalue weighted by atomic mass is 10.2. The monoisotopic (exact) mass is 261 g/mol. The summed E-state index contributed by atoms with van der Waals surface area (Å²) in [5, 5.41) is -0.00272. The quantitative estimate of drug-likeness (QED) is 0.743. The van der Waals surface area contributed by atoms with E-state index >= 15 is 0 Å². The number of imidazole rings is 1. The van der Waals surface area contributed by atoms with E-state index in [2.05, 4.69) is 14.7 Å². The first-order chi connectivity index (χ1) is 7.89. The molecule has 0 aliphatic heterocycles. The smallest absolute Gasteiger partial charge is 0.309 e. The molecule has 7 nitrogen and oxygen atoms in total. The predicted octanol–water partition coefficient (Wildman–Crippen LogP) is -0.161. The maximum atomic E-state index is 11.9. The highest BCUT2D eigenvalue weighted by atomic mass is 32.2. The summed E-state index contributed by atoms with van der Waals surface area (Å²) in [5.41, 5.74) is 0. The van der Waals surface area contributed by atoms with E-state index in [-0.39, 0.29) is 11.6 Å². The zero-order chi connectivity index (χ0) is 13.1. The first kappa shape index (κ1) is 13.7. The Morgan fingerprint density at radius 3 is 2.76 bits per heavy atom. The summed E-state index contributed by atoms with van der Waals surface area (Å²) in [4.78, 5) is 17.4. The molecule has 0 spiro atoms. The fourth-order valence-electron chi connectivity index (χ4n) is 1.31. The largest absolute Gasteiger partial charge is 0.469 e. The molecule has 0 bridgehead atoms. The van der Waals surface area contributed by atoms with E-state index in [4.69, 9.17) is 0 Å². The molecule has 0 aliphatic rings. The van der Waals surface area contributed by atoms with Crippen LogP contribution in [0.3, 0.4) is 0 Å². The number of aromatic nitrogens is 2. The van der Waals surface area contributed by atoms with Crippen LogP contribution in [0.15, 0.2) is 17.6 Å². The number of aromatic amines is 1. The molecule has 1 N–H and O–H groups in total. The van der Waals surface area contributed by atoms with E-state index in [1.54, 1.807) is 6.92 Å². The number of esters is 1. The van der Waals surface area contributed by atoms with Gasteiger partial charge in [-0.25, -0.2) is 13.4 Å². The van der Waals surface area contributed by atoms with Gasteiger partial charge in [-0.15, -0.1) is 0 Å². The van der Waals surface area contributed by atoms with E-state index in [0.717, 1.165) is 4.31 Å². The van der Waals surface area contributed by atoms with Crippen molar-refractivity contribution < 1.29 is 17.9 Å². The molecule has 17 heavy (non-hydrogen) atoms. The lowest BCUT2D eigenvalue weighted by molar-refractivity contribution is -0.144. The van der Waals surface area contributed by atoms with Crippen LogP contribution in [-0.2, 0) is 19.6 Å². The van der Waals surface area contributed by atoms with Crippen molar-refractivity contribution in [2.24, 2.45) is 5.92 Å². The van der Waals surface area contributed by atoms with Crippen LogP contribution in [0.5, 0.6) is 0 Å². The highest BCUT2D eigenvalue weighted by molar-refractivity contribution is 7.89. The van der Waals surface area contributed by atoms with Gasteiger partial charge in [-0.2, -0.15) is 4.31 Å². The maximum Gasteiger partial charge on any atom is 0.309 e. The molecule has 0 amide bonds. The normalized spacial score (nSPS) is 13.6. The molecule has 96 valence electrons. The minimum atomic E-state index is -3.62.